The van der Waals surface area contributed by atoms with Gasteiger partial charge in [0.05, 0.1) is 29.9 Å². The monoisotopic (exact) mass is 430 g/mol. The third-order valence-corrected chi connectivity index (χ3v) is 5.53. The summed E-state index contributed by atoms with van der Waals surface area (Å²) in [6, 6.07) is 4.54. The van der Waals surface area contributed by atoms with Gasteiger partial charge >= 0.3 is 0 Å². The van der Waals surface area contributed by atoms with Crippen LogP contribution in [0.3, 0.4) is 0 Å². The first-order valence-corrected chi connectivity index (χ1v) is 10.5. The average Bonchev–Trinajstić information content (AvgIpc) is 2.52. The minimum absolute atomic E-state index is 0.0140. The molecule has 27 heavy (non-hydrogen) atoms. The second-order valence-corrected chi connectivity index (χ2v) is 8.78. The van der Waals surface area contributed by atoms with Crippen LogP contribution in [0.25, 0.3) is 0 Å². The van der Waals surface area contributed by atoms with Gasteiger partial charge in [-0.05, 0) is 23.7 Å². The Morgan fingerprint density at radius 1 is 1.33 bits per heavy atom. The molecule has 1 fully saturated rings. The van der Waals surface area contributed by atoms with Crippen LogP contribution in [0, 0.1) is 0 Å². The second kappa shape index (κ2) is 7.49. The molecule has 1 amide bonds. The number of hydrogen-bond donors (Lipinski definition) is 1. The maximum Gasteiger partial charge on any atom is 0.224 e. The molecule has 1 aliphatic heterocycles. The highest BCUT2D eigenvalue weighted by Crippen LogP contribution is 2.32. The minimum Gasteiger partial charge on any atom is -0.487 e. The number of likely N-dealkylation sites (tertiary alicyclic amines) is 1. The topological polar surface area (TPSA) is 101 Å². The molecular weight excluding hydrogens is 415 g/mol. The molecule has 1 aromatic carbocycles. The molecule has 0 saturated carbocycles. The minimum atomic E-state index is -3.52. The van der Waals surface area contributed by atoms with Crippen LogP contribution in [0.1, 0.15) is 6.92 Å². The van der Waals surface area contributed by atoms with Crippen LogP contribution in [-0.2, 0) is 14.6 Å². The highest BCUT2D eigenvalue weighted by molar-refractivity contribution is 7.90. The average molecular weight is 431 g/mol. The van der Waals surface area contributed by atoms with Crippen LogP contribution in [-0.4, -0.2) is 54.6 Å². The first kappa shape index (κ1) is 19.7. The van der Waals surface area contributed by atoms with Crippen molar-refractivity contribution >= 4 is 50.5 Å². The van der Waals surface area contributed by atoms with Crippen LogP contribution in [0.2, 0.25) is 10.3 Å². The van der Waals surface area contributed by atoms with E-state index < -0.39 is 9.84 Å². The van der Waals surface area contributed by atoms with E-state index in [4.69, 9.17) is 27.9 Å². The zero-order valence-electron chi connectivity index (χ0n) is 14.4. The summed E-state index contributed by atoms with van der Waals surface area (Å²) in [7, 11) is -3.52. The molecule has 1 saturated heterocycles. The largest absolute Gasteiger partial charge is 0.487 e. The van der Waals surface area contributed by atoms with Gasteiger partial charge in [-0.15, -0.1) is 0 Å². The maximum absolute atomic E-state index is 12.1. The molecule has 1 aromatic heterocycles. The Balaban J connectivity index is 1.88. The van der Waals surface area contributed by atoms with E-state index in [-0.39, 0.29) is 38.7 Å². The number of ether oxygens (including phenoxy) is 1. The molecule has 2 heterocycles. The number of anilines is 2. The van der Waals surface area contributed by atoms with Crippen molar-refractivity contribution in [1.29, 1.82) is 0 Å². The molecular formula is C16H16Cl2N4O4S. The molecule has 3 rings (SSSR count). The fraction of sp³-hybridized carbons (Fsp3) is 0.312. The molecule has 11 heteroatoms. The number of halogens is 2. The normalized spacial score (nSPS) is 14.6. The van der Waals surface area contributed by atoms with Crippen molar-refractivity contribution in [3.8, 4) is 5.75 Å². The zero-order valence-corrected chi connectivity index (χ0v) is 16.8. The molecule has 0 spiro atoms. The summed E-state index contributed by atoms with van der Waals surface area (Å²) < 4.78 is 30.0. The highest BCUT2D eigenvalue weighted by atomic mass is 35.5. The molecule has 1 N–H and O–H groups in total. The lowest BCUT2D eigenvalue weighted by Crippen LogP contribution is -2.55. The second-order valence-electron chi connectivity index (χ2n) is 6.05. The van der Waals surface area contributed by atoms with Crippen LogP contribution >= 0.6 is 23.2 Å². The van der Waals surface area contributed by atoms with E-state index in [0.29, 0.717) is 18.8 Å². The number of benzene rings is 1. The Bertz CT molecular complexity index is 994. The van der Waals surface area contributed by atoms with Gasteiger partial charge in [-0.1, -0.05) is 11.6 Å². The van der Waals surface area contributed by atoms with Crippen molar-refractivity contribution < 1.29 is 17.9 Å². The molecule has 0 bridgehead atoms. The van der Waals surface area contributed by atoms with Crippen molar-refractivity contribution in [1.82, 2.24) is 14.9 Å². The van der Waals surface area contributed by atoms with E-state index in [1.165, 1.54) is 19.2 Å². The first-order valence-electron chi connectivity index (χ1n) is 7.85. The van der Waals surface area contributed by atoms with Crippen molar-refractivity contribution in [2.45, 2.75) is 17.9 Å². The number of aromatic nitrogens is 2. The van der Waals surface area contributed by atoms with Gasteiger partial charge in [0.15, 0.2) is 15.7 Å². The van der Waals surface area contributed by atoms with Gasteiger partial charge in [0, 0.05) is 19.2 Å². The quantitative estimate of drug-likeness (QED) is 0.726. The predicted molar refractivity (Wildman–Crippen MR) is 102 cm³/mol. The highest BCUT2D eigenvalue weighted by Gasteiger charge is 2.30. The number of carbonyl (C=O) groups excluding carboxylic acids is 1. The van der Waals surface area contributed by atoms with E-state index in [0.717, 1.165) is 6.26 Å². The Morgan fingerprint density at radius 3 is 2.67 bits per heavy atom. The third-order valence-electron chi connectivity index (χ3n) is 3.91. The fourth-order valence-electron chi connectivity index (χ4n) is 2.53. The van der Waals surface area contributed by atoms with Gasteiger partial charge < -0.3 is 15.0 Å². The van der Waals surface area contributed by atoms with Gasteiger partial charge in [0.25, 0.3) is 0 Å². The Labute approximate surface area is 166 Å². The van der Waals surface area contributed by atoms with Crippen LogP contribution < -0.4 is 10.1 Å². The number of sulfone groups is 1. The van der Waals surface area contributed by atoms with Gasteiger partial charge in [0.2, 0.25) is 11.2 Å². The van der Waals surface area contributed by atoms with Gasteiger partial charge in [-0.25, -0.2) is 13.4 Å². The van der Waals surface area contributed by atoms with Gasteiger partial charge in [0.1, 0.15) is 16.9 Å². The summed E-state index contributed by atoms with van der Waals surface area (Å²) in [6.07, 6.45) is 2.26. The molecule has 2 aromatic rings. The van der Waals surface area contributed by atoms with Crippen LogP contribution in [0.5, 0.6) is 5.75 Å². The van der Waals surface area contributed by atoms with Crippen molar-refractivity contribution in [2.24, 2.45) is 0 Å². The maximum atomic E-state index is 12.1. The lowest BCUT2D eigenvalue weighted by molar-refractivity contribution is -0.137. The molecule has 8 nitrogen and oxygen atoms in total. The number of hydrogen-bond acceptors (Lipinski definition) is 7. The zero-order chi connectivity index (χ0) is 19.8. The summed E-state index contributed by atoms with van der Waals surface area (Å²) >= 11 is 11.8. The summed E-state index contributed by atoms with van der Waals surface area (Å²) in [4.78, 5) is 20.7. The van der Waals surface area contributed by atoms with E-state index >= 15 is 0 Å². The smallest absolute Gasteiger partial charge is 0.224 e. The lowest BCUT2D eigenvalue weighted by atomic mass is 10.1. The fourth-order valence-corrected chi connectivity index (χ4v) is 3.62. The van der Waals surface area contributed by atoms with Gasteiger partial charge in [-0.2, -0.15) is 4.98 Å². The van der Waals surface area contributed by atoms with Crippen LogP contribution in [0.4, 0.5) is 11.5 Å². The summed E-state index contributed by atoms with van der Waals surface area (Å²) in [5.74, 6) is 0.611. The standard InChI is InChI=1S/C16H16Cl2N4O4S/c1-9(23)22-7-11(8-22)26-10-3-4-14(27(2,24)25)13(5-10)20-15-12(17)6-19-16(18)21-15/h3-6,11H,7-8H2,1-2H3,(H,19,20,21). The Kier molecular flexibility index (Phi) is 5.45. The van der Waals surface area contributed by atoms with Crippen molar-refractivity contribution in [3.63, 3.8) is 0 Å². The summed E-state index contributed by atoms with van der Waals surface area (Å²) in [5, 5.41) is 3.02. The van der Waals surface area contributed by atoms with E-state index in [2.05, 4.69) is 15.3 Å². The number of nitrogens with one attached hydrogen (secondary N) is 1. The number of rotatable bonds is 5. The van der Waals surface area contributed by atoms with E-state index in [1.807, 2.05) is 0 Å². The Hall–Kier alpha value is -2.10. The summed E-state index contributed by atoms with van der Waals surface area (Å²) in [5.41, 5.74) is 0.245. The van der Waals surface area contributed by atoms with Gasteiger partial charge in [-0.3, -0.25) is 4.79 Å². The predicted octanol–water partition coefficient (Wildman–Crippen LogP) is 2.54. The lowest BCUT2D eigenvalue weighted by Gasteiger charge is -2.38. The first-order chi connectivity index (χ1) is 12.6. The third kappa shape index (κ3) is 4.60. The molecule has 0 aliphatic carbocycles. The summed E-state index contributed by atoms with van der Waals surface area (Å²) in [6.45, 7) is 2.47. The molecule has 1 aliphatic rings. The molecule has 0 radical (unpaired) electrons. The molecule has 144 valence electrons. The van der Waals surface area contributed by atoms with Crippen LogP contribution in [0.15, 0.2) is 29.3 Å². The van der Waals surface area contributed by atoms with E-state index in [9.17, 15) is 13.2 Å². The number of amides is 1. The SMILES string of the molecule is CC(=O)N1CC(Oc2ccc(S(C)(=O)=O)c(Nc3nc(Cl)ncc3Cl)c2)C1. The van der Waals surface area contributed by atoms with Crippen molar-refractivity contribution in [3.05, 3.63) is 34.7 Å². The molecule has 0 atom stereocenters. The van der Waals surface area contributed by atoms with E-state index in [1.54, 1.807) is 17.0 Å². The number of nitrogens with zero attached hydrogens (tertiary/aromatic N) is 3. The number of carbonyl (C=O) groups is 1. The van der Waals surface area contributed by atoms with Crippen molar-refractivity contribution in [2.75, 3.05) is 24.7 Å². The molecule has 0 unspecified atom stereocenters. The Morgan fingerprint density at radius 2 is 2.04 bits per heavy atom.